The smallest absolute Gasteiger partial charge is 0.185 e. The van der Waals surface area contributed by atoms with E-state index < -0.39 is 23.4 Å². The normalized spacial score (nSPS) is 20.7. The van der Waals surface area contributed by atoms with Crippen LogP contribution in [0.2, 0.25) is 0 Å². The standard InChI is InChI=1S/C39H35NO5/c1-23(2)21-24-13-15-26(16-14-24)36(41)35-34(27-17-19-31(44-3)32(22-27)45-4)39(37(42)28-10-6-7-11-29(28)38(39)43)33-20-18-25-9-5-8-12-30(25)40(33)35/h5-20,22-23,33-35H,21H2,1-4H3/t33-,34-,35+/m0/s1. The van der Waals surface area contributed by atoms with E-state index in [4.69, 9.17) is 9.47 Å². The number of fused-ring (bicyclic) bond motifs is 5. The molecule has 3 aliphatic rings. The monoisotopic (exact) mass is 597 g/mol. The third kappa shape index (κ3) is 4.19. The molecular weight excluding hydrogens is 562 g/mol. The number of Topliss-reactive ketones (excluding diaryl/α,β-unsaturated/α-hetero) is 3. The highest BCUT2D eigenvalue weighted by atomic mass is 16.5. The fourth-order valence-corrected chi connectivity index (χ4v) is 7.78. The lowest BCUT2D eigenvalue weighted by Gasteiger charge is -2.37. The van der Waals surface area contributed by atoms with E-state index in [1.54, 1.807) is 44.6 Å². The van der Waals surface area contributed by atoms with Crippen LogP contribution in [0, 0.1) is 11.3 Å². The Morgan fingerprint density at radius 2 is 1.47 bits per heavy atom. The summed E-state index contributed by atoms with van der Waals surface area (Å²) in [6.45, 7) is 4.33. The van der Waals surface area contributed by atoms with Crippen molar-refractivity contribution in [1.82, 2.24) is 0 Å². The van der Waals surface area contributed by atoms with E-state index in [1.807, 2.05) is 77.7 Å². The summed E-state index contributed by atoms with van der Waals surface area (Å²) in [5, 5.41) is 0. The van der Waals surface area contributed by atoms with E-state index >= 15 is 0 Å². The van der Waals surface area contributed by atoms with Crippen LogP contribution < -0.4 is 14.4 Å². The van der Waals surface area contributed by atoms with E-state index in [9.17, 15) is 14.4 Å². The molecule has 1 aliphatic carbocycles. The Morgan fingerprint density at radius 1 is 0.822 bits per heavy atom. The molecule has 0 bridgehead atoms. The zero-order valence-electron chi connectivity index (χ0n) is 25.8. The highest BCUT2D eigenvalue weighted by Gasteiger charge is 2.71. The highest BCUT2D eigenvalue weighted by molar-refractivity contribution is 6.32. The van der Waals surface area contributed by atoms with Gasteiger partial charge in [0, 0.05) is 28.3 Å². The number of benzene rings is 4. The van der Waals surface area contributed by atoms with Crippen LogP contribution in [-0.4, -0.2) is 43.7 Å². The van der Waals surface area contributed by atoms with Gasteiger partial charge in [-0.3, -0.25) is 14.4 Å². The van der Waals surface area contributed by atoms with Crippen LogP contribution in [0.3, 0.4) is 0 Å². The number of methoxy groups -OCH3 is 2. The van der Waals surface area contributed by atoms with Crippen LogP contribution in [0.4, 0.5) is 5.69 Å². The lowest BCUT2D eigenvalue weighted by molar-refractivity contribution is 0.0665. The molecule has 0 saturated carbocycles. The van der Waals surface area contributed by atoms with Crippen LogP contribution >= 0.6 is 0 Å². The minimum absolute atomic E-state index is 0.144. The van der Waals surface area contributed by atoms with Gasteiger partial charge in [0.05, 0.1) is 20.3 Å². The van der Waals surface area contributed by atoms with Gasteiger partial charge in [0.15, 0.2) is 28.8 Å². The van der Waals surface area contributed by atoms with Gasteiger partial charge < -0.3 is 14.4 Å². The van der Waals surface area contributed by atoms with Crippen molar-refractivity contribution in [1.29, 1.82) is 0 Å². The zero-order chi connectivity index (χ0) is 31.5. The van der Waals surface area contributed by atoms with Crippen LogP contribution in [0.5, 0.6) is 11.5 Å². The molecule has 2 heterocycles. The maximum Gasteiger partial charge on any atom is 0.185 e. The van der Waals surface area contributed by atoms with Crippen molar-refractivity contribution in [3.05, 3.63) is 130 Å². The Bertz CT molecular complexity index is 1840. The quantitative estimate of drug-likeness (QED) is 0.166. The first-order valence-corrected chi connectivity index (χ1v) is 15.4. The fourth-order valence-electron chi connectivity index (χ4n) is 7.78. The fraction of sp³-hybridized carbons (Fsp3) is 0.256. The molecule has 4 aromatic carbocycles. The van der Waals surface area contributed by atoms with E-state index in [0.717, 1.165) is 23.2 Å². The Balaban J connectivity index is 1.50. The number of ketones is 3. The average Bonchev–Trinajstić information content (AvgIpc) is 3.50. The number of hydrogen-bond donors (Lipinski definition) is 0. The van der Waals surface area contributed by atoms with Gasteiger partial charge in [-0.1, -0.05) is 98.8 Å². The van der Waals surface area contributed by atoms with Gasteiger partial charge in [0.25, 0.3) is 0 Å². The number of ether oxygens (including phenoxy) is 2. The maximum absolute atomic E-state index is 15.0. The van der Waals surface area contributed by atoms with Gasteiger partial charge in [-0.25, -0.2) is 0 Å². The zero-order valence-corrected chi connectivity index (χ0v) is 25.8. The molecule has 0 aromatic heterocycles. The summed E-state index contributed by atoms with van der Waals surface area (Å²) in [5.74, 6) is -0.0243. The molecular formula is C39H35NO5. The van der Waals surface area contributed by atoms with E-state index in [2.05, 4.69) is 13.8 Å². The molecule has 6 heteroatoms. The first-order valence-electron chi connectivity index (χ1n) is 15.4. The van der Waals surface area contributed by atoms with Gasteiger partial charge >= 0.3 is 0 Å². The summed E-state index contributed by atoms with van der Waals surface area (Å²) in [4.78, 5) is 46.7. The molecule has 4 aromatic rings. The number of carbonyl (C=O) groups excluding carboxylic acids is 3. The Kier molecular flexibility index (Phi) is 6.96. The van der Waals surface area contributed by atoms with Crippen molar-refractivity contribution in [2.75, 3.05) is 19.1 Å². The average molecular weight is 598 g/mol. The largest absolute Gasteiger partial charge is 0.493 e. The lowest BCUT2D eigenvalue weighted by atomic mass is 9.64. The summed E-state index contributed by atoms with van der Waals surface area (Å²) < 4.78 is 11.2. The maximum atomic E-state index is 15.0. The number of hydrogen-bond acceptors (Lipinski definition) is 6. The Morgan fingerprint density at radius 3 is 2.11 bits per heavy atom. The molecule has 2 aliphatic heterocycles. The Labute approximate surface area is 263 Å². The molecule has 0 radical (unpaired) electrons. The van der Waals surface area contributed by atoms with Gasteiger partial charge in [0.1, 0.15) is 11.5 Å². The summed E-state index contributed by atoms with van der Waals surface area (Å²) in [6, 6.07) is 26.5. The Hall–Kier alpha value is -4.97. The van der Waals surface area contributed by atoms with Crippen LogP contribution in [-0.2, 0) is 6.42 Å². The van der Waals surface area contributed by atoms with Crippen molar-refractivity contribution in [3.8, 4) is 11.5 Å². The molecule has 3 atom stereocenters. The number of carbonyl (C=O) groups is 3. The number of anilines is 1. The highest BCUT2D eigenvalue weighted by Crippen LogP contribution is 2.61. The minimum atomic E-state index is -1.58. The summed E-state index contributed by atoms with van der Waals surface area (Å²) in [5.41, 5.74) is 3.31. The predicted molar refractivity (Wildman–Crippen MR) is 175 cm³/mol. The van der Waals surface area contributed by atoms with Gasteiger partial charge in [-0.2, -0.15) is 0 Å². The predicted octanol–water partition coefficient (Wildman–Crippen LogP) is 7.22. The minimum Gasteiger partial charge on any atom is -0.493 e. The molecule has 7 rings (SSSR count). The molecule has 45 heavy (non-hydrogen) atoms. The second-order valence-corrected chi connectivity index (χ2v) is 12.5. The molecule has 0 unspecified atom stereocenters. The van der Waals surface area contributed by atoms with Crippen molar-refractivity contribution < 1.29 is 23.9 Å². The molecule has 6 nitrogen and oxygen atoms in total. The molecule has 1 spiro atoms. The van der Waals surface area contributed by atoms with Crippen LogP contribution in [0.1, 0.15) is 67.5 Å². The van der Waals surface area contributed by atoms with Gasteiger partial charge in [0.2, 0.25) is 0 Å². The van der Waals surface area contributed by atoms with E-state index in [1.165, 1.54) is 0 Å². The third-order valence-electron chi connectivity index (χ3n) is 9.63. The van der Waals surface area contributed by atoms with Gasteiger partial charge in [-0.15, -0.1) is 0 Å². The van der Waals surface area contributed by atoms with Crippen molar-refractivity contribution in [2.45, 2.75) is 38.3 Å². The molecule has 1 saturated heterocycles. The van der Waals surface area contributed by atoms with Crippen molar-refractivity contribution in [2.24, 2.45) is 11.3 Å². The SMILES string of the molecule is COc1ccc([C@H]2[C@H](C(=O)c3ccc(CC(C)C)cc3)N3c4ccccc4C=C[C@H]3C23C(=O)c2ccccc2C3=O)cc1OC. The summed E-state index contributed by atoms with van der Waals surface area (Å²) in [7, 11) is 3.11. The second-order valence-electron chi connectivity index (χ2n) is 12.5. The van der Waals surface area contributed by atoms with Crippen molar-refractivity contribution >= 4 is 29.1 Å². The number of nitrogens with zero attached hydrogens (tertiary/aromatic N) is 1. The summed E-state index contributed by atoms with van der Waals surface area (Å²) >= 11 is 0. The first-order chi connectivity index (χ1) is 21.8. The van der Waals surface area contributed by atoms with E-state index in [0.29, 0.717) is 39.7 Å². The molecule has 1 fully saturated rings. The van der Waals surface area contributed by atoms with Crippen LogP contribution in [0.15, 0.2) is 97.1 Å². The number of para-hydroxylation sites is 1. The first kappa shape index (κ1) is 28.8. The molecule has 0 amide bonds. The second kappa shape index (κ2) is 10.9. The molecule has 226 valence electrons. The topological polar surface area (TPSA) is 72.9 Å². The third-order valence-corrected chi connectivity index (χ3v) is 9.63. The van der Waals surface area contributed by atoms with Crippen LogP contribution in [0.25, 0.3) is 6.08 Å². The van der Waals surface area contributed by atoms with Gasteiger partial charge in [-0.05, 0) is 47.2 Å². The summed E-state index contributed by atoms with van der Waals surface area (Å²) in [6.07, 6.45) is 4.82. The molecule has 0 N–H and O–H groups in total. The van der Waals surface area contributed by atoms with E-state index in [-0.39, 0.29) is 17.3 Å². The lowest BCUT2D eigenvalue weighted by Crippen LogP contribution is -2.48. The number of rotatable bonds is 7. The van der Waals surface area contributed by atoms with Crippen molar-refractivity contribution in [3.63, 3.8) is 0 Å².